The van der Waals surface area contributed by atoms with E-state index in [4.69, 9.17) is 19.9 Å². The van der Waals surface area contributed by atoms with Crippen molar-refractivity contribution in [3.63, 3.8) is 0 Å². The number of hydrogen-bond acceptors (Lipinski definition) is 7. The molecule has 0 radical (unpaired) electrons. The summed E-state index contributed by atoms with van der Waals surface area (Å²) in [5.74, 6) is 1.18. The van der Waals surface area contributed by atoms with Gasteiger partial charge in [0.25, 0.3) is 0 Å². The molecule has 1 aliphatic heterocycles. The van der Waals surface area contributed by atoms with Crippen LogP contribution in [0.15, 0.2) is 41.7 Å². The van der Waals surface area contributed by atoms with Gasteiger partial charge in [0.2, 0.25) is 0 Å². The number of methoxy groups -OCH3 is 2. The van der Waals surface area contributed by atoms with Gasteiger partial charge in [-0.3, -0.25) is 0 Å². The number of nitrogens with two attached hydrogens (primary N) is 1. The molecular weight excluding hydrogens is 346 g/mol. The second-order valence-corrected chi connectivity index (χ2v) is 7.01. The van der Waals surface area contributed by atoms with Crippen molar-refractivity contribution in [2.45, 2.75) is 38.0 Å². The van der Waals surface area contributed by atoms with Gasteiger partial charge in [0.15, 0.2) is 18.0 Å². The number of fused-ring (bicyclic) bond motifs is 1. The molecule has 0 bridgehead atoms. The molecule has 2 heterocycles. The third kappa shape index (κ3) is 3.55. The van der Waals surface area contributed by atoms with Gasteiger partial charge in [0.05, 0.1) is 12.9 Å². The van der Waals surface area contributed by atoms with Gasteiger partial charge in [-0.1, -0.05) is 30.3 Å². The number of benzene rings is 1. The fourth-order valence-corrected chi connectivity index (χ4v) is 3.70. The van der Waals surface area contributed by atoms with Crippen molar-refractivity contribution in [2.24, 2.45) is 16.6 Å². The van der Waals surface area contributed by atoms with Gasteiger partial charge >= 0.3 is 0 Å². The molecular formula is C19H25N5O3. The first kappa shape index (κ1) is 18.0. The van der Waals surface area contributed by atoms with E-state index in [0.29, 0.717) is 18.5 Å². The Balaban J connectivity index is 1.44. The maximum Gasteiger partial charge on any atom is 0.198 e. The SMILES string of the molecule is COC1(OC)CC(Cn2cnc3c2NC(N)=NC3OCc2ccccc2)C1. The van der Waals surface area contributed by atoms with Crippen LogP contribution in [0.1, 0.15) is 30.3 Å². The van der Waals surface area contributed by atoms with E-state index in [1.165, 1.54) is 0 Å². The summed E-state index contributed by atoms with van der Waals surface area (Å²) in [6.07, 6.45) is 3.00. The quantitative estimate of drug-likeness (QED) is 0.725. The van der Waals surface area contributed by atoms with Crippen molar-refractivity contribution in [2.75, 3.05) is 19.5 Å². The van der Waals surface area contributed by atoms with Gasteiger partial charge in [0, 0.05) is 33.6 Å². The summed E-state index contributed by atoms with van der Waals surface area (Å²) in [5.41, 5.74) is 7.81. The number of aromatic nitrogens is 2. The number of aliphatic imine (C=N–C) groups is 1. The molecule has 1 saturated carbocycles. The van der Waals surface area contributed by atoms with Gasteiger partial charge in [-0.25, -0.2) is 9.98 Å². The van der Waals surface area contributed by atoms with Crippen LogP contribution >= 0.6 is 0 Å². The molecule has 1 atom stereocenters. The van der Waals surface area contributed by atoms with Crippen LogP contribution in [-0.2, 0) is 27.4 Å². The smallest absolute Gasteiger partial charge is 0.198 e. The molecule has 0 saturated heterocycles. The highest BCUT2D eigenvalue weighted by atomic mass is 16.7. The van der Waals surface area contributed by atoms with E-state index in [1.54, 1.807) is 14.2 Å². The third-order valence-electron chi connectivity index (χ3n) is 5.25. The molecule has 4 rings (SSSR count). The second-order valence-electron chi connectivity index (χ2n) is 7.01. The zero-order valence-corrected chi connectivity index (χ0v) is 15.6. The van der Waals surface area contributed by atoms with Crippen molar-refractivity contribution in [1.29, 1.82) is 0 Å². The van der Waals surface area contributed by atoms with E-state index >= 15 is 0 Å². The van der Waals surface area contributed by atoms with Gasteiger partial charge in [0.1, 0.15) is 11.5 Å². The lowest BCUT2D eigenvalue weighted by Gasteiger charge is -2.45. The summed E-state index contributed by atoms with van der Waals surface area (Å²) in [6.45, 7) is 1.25. The van der Waals surface area contributed by atoms with Crippen molar-refractivity contribution in [1.82, 2.24) is 9.55 Å². The van der Waals surface area contributed by atoms with E-state index in [-0.39, 0.29) is 0 Å². The van der Waals surface area contributed by atoms with Crippen LogP contribution in [0.4, 0.5) is 5.82 Å². The highest BCUT2D eigenvalue weighted by Crippen LogP contribution is 2.42. The van der Waals surface area contributed by atoms with E-state index in [0.717, 1.165) is 36.5 Å². The second kappa shape index (κ2) is 7.30. The maximum atomic E-state index is 5.98. The molecule has 2 aliphatic rings. The number of rotatable bonds is 7. The van der Waals surface area contributed by atoms with Gasteiger partial charge in [-0.2, -0.15) is 0 Å². The first-order valence-electron chi connectivity index (χ1n) is 9.03. The van der Waals surface area contributed by atoms with E-state index < -0.39 is 12.0 Å². The molecule has 1 aromatic carbocycles. The van der Waals surface area contributed by atoms with Crippen molar-refractivity contribution < 1.29 is 14.2 Å². The molecule has 3 N–H and O–H groups in total. The fourth-order valence-electron chi connectivity index (χ4n) is 3.70. The van der Waals surface area contributed by atoms with Crippen LogP contribution in [-0.4, -0.2) is 35.5 Å². The number of nitrogens with one attached hydrogen (secondary N) is 1. The molecule has 0 amide bonds. The first-order valence-corrected chi connectivity index (χ1v) is 9.03. The lowest BCUT2D eigenvalue weighted by molar-refractivity contribution is -0.271. The van der Waals surface area contributed by atoms with Gasteiger partial charge in [-0.05, 0) is 11.5 Å². The predicted molar refractivity (Wildman–Crippen MR) is 101 cm³/mol. The minimum Gasteiger partial charge on any atom is -0.370 e. The molecule has 144 valence electrons. The number of guanidine groups is 1. The Hall–Kier alpha value is -2.42. The Bertz CT molecular complexity index is 808. The Kier molecular flexibility index (Phi) is 4.86. The van der Waals surface area contributed by atoms with Crippen LogP contribution in [0.5, 0.6) is 0 Å². The van der Waals surface area contributed by atoms with E-state index in [1.807, 2.05) is 36.7 Å². The minimum atomic E-state index is -0.513. The van der Waals surface area contributed by atoms with Crippen molar-refractivity contribution >= 4 is 11.8 Å². The summed E-state index contributed by atoms with van der Waals surface area (Å²) in [6, 6.07) is 9.98. The van der Waals surface area contributed by atoms with Gasteiger partial charge in [-0.15, -0.1) is 0 Å². The maximum absolute atomic E-state index is 5.98. The molecule has 1 aromatic heterocycles. The van der Waals surface area contributed by atoms with Crippen LogP contribution in [0, 0.1) is 5.92 Å². The summed E-state index contributed by atoms with van der Waals surface area (Å²) in [7, 11) is 3.37. The van der Waals surface area contributed by atoms with Crippen molar-refractivity contribution in [3.05, 3.63) is 47.9 Å². The summed E-state index contributed by atoms with van der Waals surface area (Å²) < 4.78 is 19.0. The average molecular weight is 371 g/mol. The van der Waals surface area contributed by atoms with E-state index in [2.05, 4.69) is 19.9 Å². The Morgan fingerprint density at radius 1 is 1.22 bits per heavy atom. The zero-order chi connectivity index (χ0) is 18.9. The Morgan fingerprint density at radius 2 is 1.96 bits per heavy atom. The predicted octanol–water partition coefficient (Wildman–Crippen LogP) is 2.24. The van der Waals surface area contributed by atoms with Crippen molar-refractivity contribution in [3.8, 4) is 0 Å². The van der Waals surface area contributed by atoms with Gasteiger partial charge < -0.3 is 29.8 Å². The Labute approximate surface area is 158 Å². The standard InChI is InChI=1S/C19H25N5O3/c1-25-19(26-2)8-14(9-19)10-24-12-21-15-16(24)22-18(20)23-17(15)27-11-13-6-4-3-5-7-13/h3-7,12,14,17H,8-11H2,1-2H3,(H3,20,22,23). The fraction of sp³-hybridized carbons (Fsp3) is 0.474. The molecule has 1 fully saturated rings. The number of ether oxygens (including phenoxy) is 3. The lowest BCUT2D eigenvalue weighted by Crippen LogP contribution is -2.48. The van der Waals surface area contributed by atoms with Crippen LogP contribution in [0.2, 0.25) is 0 Å². The molecule has 1 unspecified atom stereocenters. The molecule has 0 spiro atoms. The largest absolute Gasteiger partial charge is 0.370 e. The minimum absolute atomic E-state index is 0.332. The summed E-state index contributed by atoms with van der Waals surface area (Å²) in [4.78, 5) is 8.88. The normalized spacial score (nSPS) is 21.1. The number of nitrogens with zero attached hydrogens (tertiary/aromatic N) is 3. The number of hydrogen-bond donors (Lipinski definition) is 2. The van der Waals surface area contributed by atoms with Crippen LogP contribution < -0.4 is 11.1 Å². The number of imidazole rings is 1. The molecule has 8 nitrogen and oxygen atoms in total. The number of anilines is 1. The molecule has 1 aliphatic carbocycles. The topological polar surface area (TPSA) is 95.9 Å². The summed E-state index contributed by atoms with van der Waals surface area (Å²) >= 11 is 0. The zero-order valence-electron chi connectivity index (χ0n) is 15.6. The Morgan fingerprint density at radius 3 is 2.67 bits per heavy atom. The van der Waals surface area contributed by atoms with Crippen LogP contribution in [0.25, 0.3) is 0 Å². The molecule has 2 aromatic rings. The highest BCUT2D eigenvalue weighted by molar-refractivity contribution is 5.93. The van der Waals surface area contributed by atoms with Crippen LogP contribution in [0.3, 0.4) is 0 Å². The average Bonchev–Trinajstić information content (AvgIpc) is 3.06. The monoisotopic (exact) mass is 371 g/mol. The first-order chi connectivity index (χ1) is 13.1. The van der Waals surface area contributed by atoms with E-state index in [9.17, 15) is 0 Å². The highest BCUT2D eigenvalue weighted by Gasteiger charge is 2.45. The molecule has 8 heteroatoms. The third-order valence-corrected chi connectivity index (χ3v) is 5.25. The molecule has 27 heavy (non-hydrogen) atoms. The summed E-state index contributed by atoms with van der Waals surface area (Å²) in [5, 5.41) is 3.12. The lowest BCUT2D eigenvalue weighted by atomic mass is 9.78.